The van der Waals surface area contributed by atoms with E-state index in [1.165, 1.54) is 4.90 Å². The lowest BCUT2D eigenvalue weighted by Crippen LogP contribution is -2.42. The zero-order valence-corrected chi connectivity index (χ0v) is 32.3. The van der Waals surface area contributed by atoms with E-state index in [0.717, 1.165) is 31.3 Å². The fraction of sp³-hybridized carbons (Fsp3) is 0.333. The molecular weight excluding hydrogens is 798 g/mol. The number of imide groups is 1. The van der Waals surface area contributed by atoms with E-state index in [-0.39, 0.29) is 65.4 Å². The van der Waals surface area contributed by atoms with Crippen LogP contribution in [0.1, 0.15) is 57.3 Å². The molecule has 3 amide bonds. The van der Waals surface area contributed by atoms with Gasteiger partial charge in [0, 0.05) is 31.8 Å². The van der Waals surface area contributed by atoms with Gasteiger partial charge in [0.2, 0.25) is 11.8 Å². The second kappa shape index (κ2) is 14.5. The Morgan fingerprint density at radius 2 is 1.50 bits per heavy atom. The molecule has 54 heavy (non-hydrogen) atoms. The number of benzene rings is 3. The summed E-state index contributed by atoms with van der Waals surface area (Å²) in [6, 6.07) is 18.3. The SMILES string of the molecule is CCOC(=O)c1ccc(NC(=O)COc2ccc(Br)cc2[C@H]2c3sc(=O)[nH]c3SC3C2[C@H]2C[C@@H]3C3C(=O)N(c4ccc(C(=O)OCC)cc4)C(=O)C32)cc1. The fourth-order valence-corrected chi connectivity index (χ4v) is 12.0. The molecule has 4 aromatic rings. The van der Waals surface area contributed by atoms with Crippen LogP contribution in [-0.4, -0.2) is 59.7 Å². The minimum atomic E-state index is -0.536. The van der Waals surface area contributed by atoms with Crippen molar-refractivity contribution in [1.29, 1.82) is 0 Å². The van der Waals surface area contributed by atoms with Crippen molar-refractivity contribution in [2.45, 2.75) is 36.5 Å². The molecule has 7 atom stereocenters. The number of hydrogen-bond donors (Lipinski definition) is 2. The second-order valence-corrected chi connectivity index (χ2v) is 16.7. The third-order valence-corrected chi connectivity index (χ3v) is 13.8. The number of fused-ring (bicyclic) bond motifs is 9. The molecule has 3 fully saturated rings. The molecule has 2 bridgehead atoms. The first-order valence-corrected chi connectivity index (χ1v) is 20.1. The van der Waals surface area contributed by atoms with Gasteiger partial charge in [-0.3, -0.25) is 24.1 Å². The van der Waals surface area contributed by atoms with Gasteiger partial charge in [-0.1, -0.05) is 27.3 Å². The number of aromatic amines is 1. The van der Waals surface area contributed by atoms with Crippen molar-refractivity contribution in [3.05, 3.63) is 102 Å². The molecular formula is C39H34BrN3O9S2. The van der Waals surface area contributed by atoms with Crippen LogP contribution in [0.15, 0.2) is 81.0 Å². The van der Waals surface area contributed by atoms with Crippen LogP contribution in [0.2, 0.25) is 0 Å². The molecule has 4 unspecified atom stereocenters. The Kier molecular flexibility index (Phi) is 9.73. The molecule has 2 aliphatic heterocycles. The molecule has 12 nitrogen and oxygen atoms in total. The number of carbonyl (C=O) groups excluding carboxylic acids is 5. The summed E-state index contributed by atoms with van der Waals surface area (Å²) in [5.41, 5.74) is 2.37. The maximum Gasteiger partial charge on any atom is 0.338 e. The van der Waals surface area contributed by atoms with E-state index >= 15 is 0 Å². The fourth-order valence-electron chi connectivity index (χ4n) is 8.72. The number of rotatable bonds is 10. The van der Waals surface area contributed by atoms with Crippen LogP contribution in [0.25, 0.3) is 0 Å². The van der Waals surface area contributed by atoms with Gasteiger partial charge in [-0.2, -0.15) is 0 Å². The maximum absolute atomic E-state index is 14.3. The van der Waals surface area contributed by atoms with Crippen molar-refractivity contribution >= 4 is 80.1 Å². The first-order valence-electron chi connectivity index (χ1n) is 17.6. The Bertz CT molecular complexity index is 2240. The predicted octanol–water partition coefficient (Wildman–Crippen LogP) is 6.25. The number of nitrogens with zero attached hydrogens (tertiary/aromatic N) is 1. The highest BCUT2D eigenvalue weighted by Crippen LogP contribution is 2.69. The summed E-state index contributed by atoms with van der Waals surface area (Å²) in [7, 11) is 0. The summed E-state index contributed by atoms with van der Waals surface area (Å²) in [4.78, 5) is 83.5. The van der Waals surface area contributed by atoms with Crippen LogP contribution >= 0.6 is 39.0 Å². The Hall–Kier alpha value is -4.73. The Labute approximate surface area is 326 Å². The van der Waals surface area contributed by atoms with Gasteiger partial charge < -0.3 is 24.5 Å². The number of aromatic nitrogens is 1. The first-order chi connectivity index (χ1) is 26.1. The summed E-state index contributed by atoms with van der Waals surface area (Å²) < 4.78 is 17.1. The van der Waals surface area contributed by atoms with Crippen LogP contribution in [-0.2, 0) is 23.9 Å². The lowest BCUT2D eigenvalue weighted by molar-refractivity contribution is -0.123. The molecule has 2 N–H and O–H groups in total. The summed E-state index contributed by atoms with van der Waals surface area (Å²) in [5, 5.41) is 3.48. The molecule has 2 saturated carbocycles. The van der Waals surface area contributed by atoms with E-state index in [2.05, 4.69) is 26.2 Å². The zero-order chi connectivity index (χ0) is 37.8. The molecule has 1 aromatic heterocycles. The molecule has 3 aromatic carbocycles. The average molecular weight is 833 g/mol. The Balaban J connectivity index is 1.07. The van der Waals surface area contributed by atoms with E-state index in [1.807, 2.05) is 12.1 Å². The third kappa shape index (κ3) is 6.25. The minimum Gasteiger partial charge on any atom is -0.483 e. The van der Waals surface area contributed by atoms with E-state index in [1.54, 1.807) is 80.2 Å². The third-order valence-electron chi connectivity index (χ3n) is 10.7. The van der Waals surface area contributed by atoms with Gasteiger partial charge in [0.25, 0.3) is 5.91 Å². The molecule has 15 heteroatoms. The number of thioether (sulfide) groups is 1. The highest BCUT2D eigenvalue weighted by Gasteiger charge is 2.70. The van der Waals surface area contributed by atoms with Gasteiger partial charge in [0.05, 0.1) is 46.9 Å². The van der Waals surface area contributed by atoms with Gasteiger partial charge >= 0.3 is 16.8 Å². The molecule has 4 aliphatic rings. The lowest BCUT2D eigenvalue weighted by Gasteiger charge is -2.43. The largest absolute Gasteiger partial charge is 0.483 e. The number of nitrogens with one attached hydrogen (secondary N) is 2. The Morgan fingerprint density at radius 1 is 0.870 bits per heavy atom. The van der Waals surface area contributed by atoms with Crippen molar-refractivity contribution in [1.82, 2.24) is 4.98 Å². The predicted molar refractivity (Wildman–Crippen MR) is 204 cm³/mol. The monoisotopic (exact) mass is 831 g/mol. The number of ether oxygens (including phenoxy) is 3. The topological polar surface area (TPSA) is 161 Å². The van der Waals surface area contributed by atoms with Gasteiger partial charge in [-0.25, -0.2) is 9.59 Å². The number of esters is 2. The molecule has 8 rings (SSSR count). The molecule has 278 valence electrons. The number of carbonyl (C=O) groups is 5. The van der Waals surface area contributed by atoms with E-state index in [9.17, 15) is 28.8 Å². The number of anilines is 2. The van der Waals surface area contributed by atoms with Crippen LogP contribution < -0.4 is 19.8 Å². The van der Waals surface area contributed by atoms with Crippen molar-refractivity contribution < 1.29 is 38.2 Å². The zero-order valence-electron chi connectivity index (χ0n) is 29.0. The Morgan fingerprint density at radius 3 is 2.15 bits per heavy atom. The summed E-state index contributed by atoms with van der Waals surface area (Å²) in [6.45, 7) is 3.63. The molecule has 0 radical (unpaired) electrons. The summed E-state index contributed by atoms with van der Waals surface area (Å²) in [6.07, 6.45) is 0.696. The minimum absolute atomic E-state index is 0.0606. The van der Waals surface area contributed by atoms with Gasteiger partial charge in [0.1, 0.15) is 5.75 Å². The van der Waals surface area contributed by atoms with Crippen molar-refractivity contribution in [2.24, 2.45) is 29.6 Å². The highest BCUT2D eigenvalue weighted by molar-refractivity contribution is 9.10. The van der Waals surface area contributed by atoms with E-state index in [0.29, 0.717) is 34.7 Å². The van der Waals surface area contributed by atoms with Crippen LogP contribution in [0, 0.1) is 29.6 Å². The molecule has 2 aliphatic carbocycles. The van der Waals surface area contributed by atoms with E-state index < -0.39 is 29.7 Å². The van der Waals surface area contributed by atoms with E-state index in [4.69, 9.17) is 14.2 Å². The van der Waals surface area contributed by atoms with Gasteiger partial charge in [0.15, 0.2) is 6.61 Å². The van der Waals surface area contributed by atoms with Crippen LogP contribution in [0.5, 0.6) is 5.75 Å². The van der Waals surface area contributed by atoms with Crippen LogP contribution in [0.3, 0.4) is 0 Å². The number of thiazole rings is 1. The summed E-state index contributed by atoms with van der Waals surface area (Å²) >= 11 is 6.33. The smallest absolute Gasteiger partial charge is 0.338 e. The van der Waals surface area contributed by atoms with Gasteiger partial charge in [-0.15, -0.1) is 11.8 Å². The number of H-pyrrole nitrogens is 1. The van der Waals surface area contributed by atoms with Crippen LogP contribution in [0.4, 0.5) is 11.4 Å². The number of hydrogen-bond acceptors (Lipinski definition) is 11. The van der Waals surface area contributed by atoms with Crippen molar-refractivity contribution in [2.75, 3.05) is 30.0 Å². The normalized spacial score (nSPS) is 24.8. The van der Waals surface area contributed by atoms with Crippen molar-refractivity contribution in [3.63, 3.8) is 0 Å². The second-order valence-electron chi connectivity index (χ2n) is 13.6. The van der Waals surface area contributed by atoms with Crippen molar-refractivity contribution in [3.8, 4) is 5.75 Å². The number of amides is 3. The summed E-state index contributed by atoms with van der Waals surface area (Å²) in [5.74, 6) is -3.12. The highest BCUT2D eigenvalue weighted by atomic mass is 79.9. The molecule has 0 spiro atoms. The molecule has 1 saturated heterocycles. The first kappa shape index (κ1) is 36.3. The number of halogens is 1. The standard InChI is InChI=1S/C39H34BrN3O9S2/c1-3-50-37(47)18-5-10-21(11-6-18)41-27(44)17-52-26-14-9-20(40)15-23(26)28-29-24-16-25(32(29)53-34-33(28)54-39(49)42-34)31-30(24)35(45)43(36(31)46)22-12-7-19(8-13-22)38(48)51-4-2/h5-15,24-25,28-32H,3-4,16-17H2,1-2H3,(H,41,44)(H,42,49)/t24-,25-,28-,29?,30?,31?,32?/m1/s1. The van der Waals surface area contributed by atoms with Gasteiger partial charge in [-0.05, 0) is 105 Å². The quantitative estimate of drug-likeness (QED) is 0.138. The molecule has 3 heterocycles. The lowest BCUT2D eigenvalue weighted by atomic mass is 9.68. The maximum atomic E-state index is 14.3. The average Bonchev–Trinajstić information content (AvgIpc) is 3.90.